The van der Waals surface area contributed by atoms with Crippen LogP contribution in [0.1, 0.15) is 34.8 Å². The number of hydrogen-bond donors (Lipinski definition) is 3. The molecule has 0 aliphatic heterocycles. The largest absolute Gasteiger partial charge is 0.346 e. The van der Waals surface area contributed by atoms with Crippen LogP contribution in [-0.4, -0.2) is 32.4 Å². The maximum Gasteiger partial charge on any atom is 0.287 e. The second kappa shape index (κ2) is 7.79. The first-order valence-corrected chi connectivity index (χ1v) is 9.75. The summed E-state index contributed by atoms with van der Waals surface area (Å²) >= 11 is 1.30. The number of thioether (sulfide) groups is 1. The molecule has 1 aromatic carbocycles. The van der Waals surface area contributed by atoms with Gasteiger partial charge in [-0.25, -0.2) is 9.97 Å². The normalized spacial score (nSPS) is 13.8. The van der Waals surface area contributed by atoms with Crippen LogP contribution in [0.3, 0.4) is 0 Å². The van der Waals surface area contributed by atoms with Crippen LogP contribution in [0, 0.1) is 0 Å². The van der Waals surface area contributed by atoms with Gasteiger partial charge in [-0.3, -0.25) is 9.59 Å². The van der Waals surface area contributed by atoms with E-state index in [0.717, 1.165) is 37.1 Å². The van der Waals surface area contributed by atoms with Crippen molar-refractivity contribution >= 4 is 28.6 Å². The van der Waals surface area contributed by atoms with Gasteiger partial charge in [0.25, 0.3) is 11.5 Å². The van der Waals surface area contributed by atoms with Gasteiger partial charge in [0.1, 0.15) is 0 Å². The fourth-order valence-electron chi connectivity index (χ4n) is 3.08. The monoisotopic (exact) mass is 381 g/mol. The van der Waals surface area contributed by atoms with E-state index in [1.54, 1.807) is 17.6 Å². The minimum Gasteiger partial charge on any atom is -0.346 e. The molecule has 27 heavy (non-hydrogen) atoms. The van der Waals surface area contributed by atoms with E-state index in [2.05, 4.69) is 25.3 Å². The molecule has 138 valence electrons. The lowest BCUT2D eigenvalue weighted by molar-refractivity contribution is 0.0948. The lowest BCUT2D eigenvalue weighted by Gasteiger charge is -2.07. The summed E-state index contributed by atoms with van der Waals surface area (Å²) < 4.78 is 0. The third-order valence-corrected chi connectivity index (χ3v) is 5.16. The number of benzene rings is 1. The lowest BCUT2D eigenvalue weighted by Crippen LogP contribution is -2.24. The van der Waals surface area contributed by atoms with E-state index in [9.17, 15) is 9.59 Å². The van der Waals surface area contributed by atoms with E-state index in [1.165, 1.54) is 11.8 Å². The molecule has 0 radical (unpaired) electrons. The van der Waals surface area contributed by atoms with Crippen molar-refractivity contribution < 1.29 is 4.79 Å². The molecule has 1 amide bonds. The lowest BCUT2D eigenvalue weighted by atomic mass is 10.0. The number of rotatable bonds is 5. The second-order valence-corrected chi connectivity index (χ2v) is 7.20. The van der Waals surface area contributed by atoms with Crippen LogP contribution in [0.2, 0.25) is 0 Å². The predicted molar refractivity (Wildman–Crippen MR) is 105 cm³/mol. The Morgan fingerprint density at radius 2 is 2.04 bits per heavy atom. The van der Waals surface area contributed by atoms with Gasteiger partial charge in [-0.05, 0) is 43.2 Å². The van der Waals surface area contributed by atoms with E-state index >= 15 is 0 Å². The highest BCUT2D eigenvalue weighted by molar-refractivity contribution is 8.02. The summed E-state index contributed by atoms with van der Waals surface area (Å²) in [4.78, 5) is 38.9. The van der Waals surface area contributed by atoms with Crippen molar-refractivity contribution in [1.29, 1.82) is 0 Å². The smallest absolute Gasteiger partial charge is 0.287 e. The minimum atomic E-state index is -0.212. The number of H-pyrrole nitrogens is 2. The van der Waals surface area contributed by atoms with Gasteiger partial charge >= 0.3 is 0 Å². The molecule has 3 aromatic rings. The number of carbonyl (C=O) groups excluding carboxylic acids is 1. The Kier molecular flexibility index (Phi) is 5.06. The van der Waals surface area contributed by atoms with Crippen LogP contribution in [0.4, 0.5) is 0 Å². The Bertz CT molecular complexity index is 1050. The van der Waals surface area contributed by atoms with Crippen molar-refractivity contribution in [1.82, 2.24) is 25.3 Å². The molecule has 8 heteroatoms. The van der Waals surface area contributed by atoms with Gasteiger partial charge in [-0.1, -0.05) is 30.0 Å². The number of fused-ring (bicyclic) bond motifs is 2. The van der Waals surface area contributed by atoms with Gasteiger partial charge in [0.05, 0.1) is 16.6 Å². The fraction of sp³-hybridized carbons (Fsp3) is 0.263. The van der Waals surface area contributed by atoms with E-state index in [-0.39, 0.29) is 11.5 Å². The maximum absolute atomic E-state index is 12.2. The number of imidazole rings is 1. The molecule has 0 unspecified atom stereocenters. The predicted octanol–water partition coefficient (Wildman–Crippen LogP) is 2.56. The summed E-state index contributed by atoms with van der Waals surface area (Å²) in [7, 11) is 0. The summed E-state index contributed by atoms with van der Waals surface area (Å²) in [6, 6.07) is 7.21. The highest BCUT2D eigenvalue weighted by Crippen LogP contribution is 2.18. The average Bonchev–Trinajstić information content (AvgIpc) is 3.12. The van der Waals surface area contributed by atoms with Crippen LogP contribution < -0.4 is 10.9 Å². The van der Waals surface area contributed by atoms with E-state index in [1.807, 2.05) is 18.2 Å². The number of nitrogens with zero attached hydrogens (tertiary/aromatic N) is 2. The van der Waals surface area contributed by atoms with Crippen molar-refractivity contribution in [2.75, 3.05) is 6.54 Å². The second-order valence-electron chi connectivity index (χ2n) is 6.31. The maximum atomic E-state index is 12.2. The zero-order chi connectivity index (χ0) is 18.6. The Morgan fingerprint density at radius 1 is 1.19 bits per heavy atom. The molecule has 0 fully saturated rings. The third-order valence-electron chi connectivity index (χ3n) is 4.42. The molecule has 2 heterocycles. The first kappa shape index (κ1) is 17.5. The van der Waals surface area contributed by atoms with Crippen LogP contribution in [0.5, 0.6) is 0 Å². The highest BCUT2D eigenvalue weighted by atomic mass is 32.2. The quantitative estimate of drug-likeness (QED) is 0.465. The number of para-hydroxylation sites is 1. The van der Waals surface area contributed by atoms with Crippen LogP contribution >= 0.6 is 11.8 Å². The molecule has 3 N–H and O–H groups in total. The van der Waals surface area contributed by atoms with Gasteiger partial charge < -0.3 is 15.3 Å². The molecule has 0 saturated carbocycles. The number of aromatic nitrogens is 4. The van der Waals surface area contributed by atoms with E-state index in [0.29, 0.717) is 28.4 Å². The molecule has 0 bridgehead atoms. The number of aromatic amines is 2. The summed E-state index contributed by atoms with van der Waals surface area (Å²) in [6.45, 7) is 0.370. The Hall–Kier alpha value is -2.87. The van der Waals surface area contributed by atoms with Crippen molar-refractivity contribution in [3.8, 4) is 0 Å². The summed E-state index contributed by atoms with van der Waals surface area (Å²) in [5, 5.41) is 5.68. The van der Waals surface area contributed by atoms with Crippen molar-refractivity contribution in [3.63, 3.8) is 0 Å². The van der Waals surface area contributed by atoms with Crippen molar-refractivity contribution in [2.45, 2.75) is 30.8 Å². The topological polar surface area (TPSA) is 104 Å². The molecular formula is C19H19N5O2S. The Balaban J connectivity index is 1.33. The number of carbonyl (C=O) groups is 1. The first-order chi connectivity index (χ1) is 13.2. The summed E-state index contributed by atoms with van der Waals surface area (Å²) in [5.41, 5.74) is 2.60. The molecule has 0 atom stereocenters. The average molecular weight is 381 g/mol. The number of hydrogen-bond acceptors (Lipinski definition) is 5. The molecular weight excluding hydrogens is 362 g/mol. The van der Waals surface area contributed by atoms with Crippen LogP contribution in [-0.2, 0) is 12.8 Å². The zero-order valence-corrected chi connectivity index (χ0v) is 15.4. The van der Waals surface area contributed by atoms with Gasteiger partial charge in [-0.15, -0.1) is 0 Å². The molecule has 7 nitrogen and oxygen atoms in total. The number of nitrogens with one attached hydrogen (secondary N) is 3. The van der Waals surface area contributed by atoms with Gasteiger partial charge in [0.15, 0.2) is 11.0 Å². The van der Waals surface area contributed by atoms with E-state index < -0.39 is 0 Å². The van der Waals surface area contributed by atoms with Gasteiger partial charge in [0.2, 0.25) is 0 Å². The van der Waals surface area contributed by atoms with Gasteiger partial charge in [0, 0.05) is 12.2 Å². The third kappa shape index (κ3) is 3.95. The first-order valence-electron chi connectivity index (χ1n) is 8.87. The van der Waals surface area contributed by atoms with Crippen LogP contribution in [0.15, 0.2) is 45.7 Å². The van der Waals surface area contributed by atoms with Gasteiger partial charge in [-0.2, -0.15) is 0 Å². The Labute approximate surface area is 159 Å². The van der Waals surface area contributed by atoms with E-state index in [4.69, 9.17) is 0 Å². The molecule has 0 spiro atoms. The molecule has 1 aliphatic carbocycles. The molecule has 1 aliphatic rings. The summed E-state index contributed by atoms with van der Waals surface area (Å²) in [5.74, 6) is 0.166. The van der Waals surface area contributed by atoms with Crippen molar-refractivity contribution in [2.24, 2.45) is 0 Å². The molecule has 4 rings (SSSR count). The van der Waals surface area contributed by atoms with Crippen molar-refractivity contribution in [3.05, 3.63) is 63.3 Å². The standard InChI is InChI=1S/C19H19N5O2S/c25-17-12-6-1-2-7-13(12)23-19(24-17)27-11-5-10-20-18(26)16-21-14-8-3-4-9-15(14)22-16/h1-2,5-7,11H,3-4,8-10H2,(H,20,26)(H,21,22)(H,23,24,25)/b11-5+. The minimum absolute atomic E-state index is 0.161. The summed E-state index contributed by atoms with van der Waals surface area (Å²) in [6.07, 6.45) is 5.97. The zero-order valence-electron chi connectivity index (χ0n) is 14.6. The highest BCUT2D eigenvalue weighted by Gasteiger charge is 2.17. The SMILES string of the molecule is O=C(NC/C=C/Sc1nc2ccccc2c(=O)[nH]1)c1nc2c([nH]1)CCCC2. The van der Waals surface area contributed by atoms with Crippen LogP contribution in [0.25, 0.3) is 10.9 Å². The Morgan fingerprint density at radius 3 is 2.93 bits per heavy atom. The number of amides is 1. The number of aryl methyl sites for hydroxylation is 2. The molecule has 2 aromatic heterocycles. The molecule has 0 saturated heterocycles. The fourth-order valence-corrected chi connectivity index (χ4v) is 3.70.